The predicted molar refractivity (Wildman–Crippen MR) is 103 cm³/mol. The normalized spacial score (nSPS) is 33.7. The molecule has 2 heterocycles. The van der Waals surface area contributed by atoms with E-state index in [1.54, 1.807) is 11.8 Å². The summed E-state index contributed by atoms with van der Waals surface area (Å²) >= 11 is 1.58. The van der Waals surface area contributed by atoms with Crippen molar-refractivity contribution in [3.8, 4) is 0 Å². The summed E-state index contributed by atoms with van der Waals surface area (Å²) in [6, 6.07) is 8.69. The molecule has 2 aliphatic rings. The van der Waals surface area contributed by atoms with Crippen LogP contribution in [0.2, 0.25) is 0 Å². The topological polar surface area (TPSA) is 120 Å². The molecule has 0 aliphatic carbocycles. The van der Waals surface area contributed by atoms with Crippen LogP contribution in [0, 0.1) is 0 Å². The maximum absolute atomic E-state index is 12.4. The molecule has 0 bridgehead atoms. The molecule has 1 aromatic carbocycles. The minimum atomic E-state index is -1.26. The van der Waals surface area contributed by atoms with Gasteiger partial charge in [0, 0.05) is 0 Å². The molecule has 0 spiro atoms. The van der Waals surface area contributed by atoms with Gasteiger partial charge < -0.3 is 34.9 Å². The van der Waals surface area contributed by atoms with Crippen LogP contribution in [0.1, 0.15) is 18.1 Å². The molecule has 1 aromatic rings. The molecule has 9 heteroatoms. The van der Waals surface area contributed by atoms with Gasteiger partial charge in [-0.25, -0.2) is 0 Å². The van der Waals surface area contributed by atoms with E-state index in [-0.39, 0.29) is 6.61 Å². The molecule has 0 amide bonds. The molecule has 3 rings (SSSR count). The lowest BCUT2D eigenvalue weighted by Crippen LogP contribution is -2.63. The van der Waals surface area contributed by atoms with E-state index in [9.17, 15) is 15.0 Å². The van der Waals surface area contributed by atoms with Gasteiger partial charge in [0.15, 0.2) is 12.4 Å². The number of carbonyl (C=O) groups excluding carboxylic acids is 1. The first-order valence-corrected chi connectivity index (χ1v) is 10.7. The summed E-state index contributed by atoms with van der Waals surface area (Å²) in [6.07, 6.45) is -2.98. The number of carbonyl (C=O) groups is 1. The monoisotopic (exact) mass is 413 g/mol. The molecule has 2 fully saturated rings. The second kappa shape index (κ2) is 10.0. The van der Waals surface area contributed by atoms with Crippen LogP contribution in [0.15, 0.2) is 30.3 Å². The van der Waals surface area contributed by atoms with Crippen molar-refractivity contribution in [3.05, 3.63) is 35.9 Å². The van der Waals surface area contributed by atoms with Crippen LogP contribution in [-0.2, 0) is 23.7 Å². The maximum atomic E-state index is 12.4. The van der Waals surface area contributed by atoms with E-state index in [0.29, 0.717) is 12.2 Å². The molecule has 8 nitrogen and oxygen atoms in total. The van der Waals surface area contributed by atoms with Crippen LogP contribution in [0.25, 0.3) is 0 Å². The Bertz CT molecular complexity index is 634. The molecule has 0 unspecified atom stereocenters. The van der Waals surface area contributed by atoms with Gasteiger partial charge in [-0.2, -0.15) is 11.8 Å². The van der Waals surface area contributed by atoms with Crippen LogP contribution in [0.4, 0.5) is 0 Å². The first-order chi connectivity index (χ1) is 13.5. The van der Waals surface area contributed by atoms with E-state index in [0.717, 1.165) is 5.56 Å². The lowest BCUT2D eigenvalue weighted by Gasteiger charge is -2.47. The molecule has 2 aliphatic heterocycles. The number of rotatable bonds is 7. The number of hydrogen-bond acceptors (Lipinski definition) is 9. The van der Waals surface area contributed by atoms with Crippen LogP contribution in [0.5, 0.6) is 0 Å². The lowest BCUT2D eigenvalue weighted by molar-refractivity contribution is -0.351. The Kier molecular flexibility index (Phi) is 7.69. The molecule has 4 N–H and O–H groups in total. The number of aliphatic hydroxyl groups excluding tert-OH is 2. The van der Waals surface area contributed by atoms with Gasteiger partial charge in [0.1, 0.15) is 30.5 Å². The third-order valence-corrected chi connectivity index (χ3v) is 5.53. The SMILES string of the molecule is CSCC[C@@H](N)C(=O)O[C@H]1[C@H](O)[C@@H](CO)O[C@H]2OC[C@@H](c3ccccc3)O[C@@H]21. The molecule has 0 aromatic heterocycles. The maximum Gasteiger partial charge on any atom is 0.323 e. The van der Waals surface area contributed by atoms with Gasteiger partial charge in [0.25, 0.3) is 0 Å². The fourth-order valence-corrected chi connectivity index (χ4v) is 3.78. The Labute approximate surface area is 168 Å². The average Bonchev–Trinajstić information content (AvgIpc) is 2.73. The summed E-state index contributed by atoms with van der Waals surface area (Å²) in [5.41, 5.74) is 6.80. The molecule has 7 atom stereocenters. The molecule has 0 radical (unpaired) electrons. The zero-order valence-electron chi connectivity index (χ0n) is 15.7. The van der Waals surface area contributed by atoms with Crippen LogP contribution >= 0.6 is 11.8 Å². The van der Waals surface area contributed by atoms with E-state index in [1.807, 2.05) is 36.6 Å². The largest absolute Gasteiger partial charge is 0.455 e. The summed E-state index contributed by atoms with van der Waals surface area (Å²) in [5.74, 6) is 0.0917. The number of benzene rings is 1. The van der Waals surface area contributed by atoms with Crippen molar-refractivity contribution in [2.45, 2.75) is 49.3 Å². The number of fused-ring (bicyclic) bond motifs is 1. The van der Waals surface area contributed by atoms with Crippen molar-refractivity contribution < 1.29 is 34.0 Å². The highest BCUT2D eigenvalue weighted by Gasteiger charge is 2.51. The fourth-order valence-electron chi connectivity index (χ4n) is 3.29. The quantitative estimate of drug-likeness (QED) is 0.539. The van der Waals surface area contributed by atoms with E-state index in [2.05, 4.69) is 0 Å². The summed E-state index contributed by atoms with van der Waals surface area (Å²) in [5, 5.41) is 20.1. The highest BCUT2D eigenvalue weighted by atomic mass is 32.2. The number of hydrogen-bond donors (Lipinski definition) is 3. The van der Waals surface area contributed by atoms with Gasteiger partial charge in [0.2, 0.25) is 0 Å². The van der Waals surface area contributed by atoms with Crippen LogP contribution < -0.4 is 5.73 Å². The smallest absolute Gasteiger partial charge is 0.323 e. The van der Waals surface area contributed by atoms with E-state index in [4.69, 9.17) is 24.7 Å². The lowest BCUT2D eigenvalue weighted by atomic mass is 9.97. The van der Waals surface area contributed by atoms with Gasteiger partial charge >= 0.3 is 5.97 Å². The van der Waals surface area contributed by atoms with Crippen molar-refractivity contribution in [2.24, 2.45) is 5.73 Å². The van der Waals surface area contributed by atoms with E-state index >= 15 is 0 Å². The molecule has 0 saturated carbocycles. The first kappa shape index (κ1) is 21.5. The van der Waals surface area contributed by atoms with Gasteiger partial charge in [-0.05, 0) is 24.0 Å². The summed E-state index contributed by atoms with van der Waals surface area (Å²) in [4.78, 5) is 12.4. The Morgan fingerprint density at radius 1 is 1.36 bits per heavy atom. The highest BCUT2D eigenvalue weighted by molar-refractivity contribution is 7.98. The number of aliphatic hydroxyl groups is 2. The Morgan fingerprint density at radius 2 is 2.11 bits per heavy atom. The standard InChI is InChI=1S/C19H27NO7S/c1-28-8-7-12(20)18(23)27-16-15(22)13(9-21)26-19-17(16)25-14(10-24-19)11-5-3-2-4-6-11/h2-6,12-17,19,21-22H,7-10,20H2,1H3/t12-,13-,14+,15-,16+,17-,19-/m1/s1. The van der Waals surface area contributed by atoms with Crippen molar-refractivity contribution in [1.29, 1.82) is 0 Å². The minimum absolute atomic E-state index is 0.243. The number of nitrogens with two attached hydrogens (primary N) is 1. The second-order valence-corrected chi connectivity index (χ2v) is 7.82. The minimum Gasteiger partial charge on any atom is -0.455 e. The zero-order valence-corrected chi connectivity index (χ0v) is 16.5. The fraction of sp³-hybridized carbons (Fsp3) is 0.632. The number of ether oxygens (including phenoxy) is 4. The van der Waals surface area contributed by atoms with Gasteiger partial charge in [-0.15, -0.1) is 0 Å². The van der Waals surface area contributed by atoms with Crippen molar-refractivity contribution in [2.75, 3.05) is 25.2 Å². The Hall–Kier alpha value is -1.20. The average molecular weight is 413 g/mol. The van der Waals surface area contributed by atoms with Gasteiger partial charge in [0.05, 0.1) is 13.2 Å². The third-order valence-electron chi connectivity index (χ3n) is 4.89. The molecular formula is C19H27NO7S. The van der Waals surface area contributed by atoms with Crippen molar-refractivity contribution in [1.82, 2.24) is 0 Å². The van der Waals surface area contributed by atoms with Crippen molar-refractivity contribution >= 4 is 17.7 Å². The molecule has 28 heavy (non-hydrogen) atoms. The predicted octanol–water partition coefficient (Wildman–Crippen LogP) is 0.213. The van der Waals surface area contributed by atoms with E-state index < -0.39 is 55.4 Å². The number of thioether (sulfide) groups is 1. The molecule has 2 saturated heterocycles. The summed E-state index contributed by atoms with van der Waals surface area (Å²) in [6.45, 7) is -0.199. The zero-order chi connectivity index (χ0) is 20.1. The second-order valence-electron chi connectivity index (χ2n) is 6.84. The first-order valence-electron chi connectivity index (χ1n) is 9.26. The summed E-state index contributed by atoms with van der Waals surface area (Å²) < 4.78 is 23.0. The van der Waals surface area contributed by atoms with Gasteiger partial charge in [-0.1, -0.05) is 30.3 Å². The summed E-state index contributed by atoms with van der Waals surface area (Å²) in [7, 11) is 0. The third kappa shape index (κ3) is 4.85. The Morgan fingerprint density at radius 3 is 2.79 bits per heavy atom. The highest BCUT2D eigenvalue weighted by Crippen LogP contribution is 2.35. The van der Waals surface area contributed by atoms with Gasteiger partial charge in [-0.3, -0.25) is 4.79 Å². The van der Waals surface area contributed by atoms with Crippen LogP contribution in [0.3, 0.4) is 0 Å². The molecule has 156 valence electrons. The van der Waals surface area contributed by atoms with Crippen LogP contribution in [-0.4, -0.2) is 78.2 Å². The van der Waals surface area contributed by atoms with E-state index in [1.165, 1.54) is 0 Å². The number of esters is 1. The molecular weight excluding hydrogens is 386 g/mol. The van der Waals surface area contributed by atoms with Crippen molar-refractivity contribution in [3.63, 3.8) is 0 Å². The Balaban J connectivity index is 1.75.